The van der Waals surface area contributed by atoms with Crippen LogP contribution in [0.5, 0.6) is 5.75 Å². The van der Waals surface area contributed by atoms with E-state index in [1.54, 1.807) is 43.3 Å². The van der Waals surface area contributed by atoms with E-state index < -0.39 is 17.8 Å². The number of barbiturate groups is 1. The third-order valence-corrected chi connectivity index (χ3v) is 6.92. The number of hydrogen-bond donors (Lipinski definition) is 2. The number of hydrogen-bond acceptors (Lipinski definition) is 5. The van der Waals surface area contributed by atoms with Gasteiger partial charge in [0.05, 0.1) is 5.69 Å². The summed E-state index contributed by atoms with van der Waals surface area (Å²) in [6, 6.07) is 14.4. The van der Waals surface area contributed by atoms with Crippen LogP contribution in [0.4, 0.5) is 16.2 Å². The SMILES string of the molecule is Cc1ccc(N2C(=O)NC(=O)/C(=C\c3cc(Br)ccc3OCC(=O)Nc3cccc(C)c3C)C2=O)cc1Cl. The first-order chi connectivity index (χ1) is 18.0. The van der Waals surface area contributed by atoms with Crippen molar-refractivity contribution in [3.63, 3.8) is 0 Å². The molecule has 3 aromatic rings. The molecule has 0 bridgehead atoms. The molecule has 0 aliphatic carbocycles. The molecule has 10 heteroatoms. The maximum Gasteiger partial charge on any atom is 0.335 e. The molecule has 0 saturated carbocycles. The second-order valence-electron chi connectivity index (χ2n) is 8.66. The summed E-state index contributed by atoms with van der Waals surface area (Å²) in [5.41, 5.74) is 3.73. The summed E-state index contributed by atoms with van der Waals surface area (Å²) in [6.45, 7) is 5.34. The smallest absolute Gasteiger partial charge is 0.335 e. The van der Waals surface area contributed by atoms with E-state index in [4.69, 9.17) is 16.3 Å². The number of nitrogens with one attached hydrogen (secondary N) is 2. The first-order valence-corrected chi connectivity index (χ1v) is 12.7. The number of ether oxygens (including phenoxy) is 1. The molecule has 2 N–H and O–H groups in total. The molecular weight excluding hydrogens is 574 g/mol. The standard InChI is InChI=1S/C28H23BrClN3O5/c1-15-5-4-6-23(17(15)3)31-25(34)14-38-24-10-8-19(29)11-18(24)12-21-26(35)32-28(37)33(27(21)36)20-9-7-16(2)22(30)13-20/h4-13H,14H2,1-3H3,(H,31,34)(H,32,35,37)/b21-12+. The minimum Gasteiger partial charge on any atom is -0.483 e. The Morgan fingerprint density at radius 1 is 1.05 bits per heavy atom. The number of halogens is 2. The third-order valence-electron chi connectivity index (χ3n) is 6.02. The predicted octanol–water partition coefficient (Wildman–Crippen LogP) is 5.71. The summed E-state index contributed by atoms with van der Waals surface area (Å²) in [7, 11) is 0. The molecule has 1 aliphatic rings. The molecule has 0 unspecified atom stereocenters. The second-order valence-corrected chi connectivity index (χ2v) is 9.98. The van der Waals surface area contributed by atoms with Crippen LogP contribution in [0.2, 0.25) is 5.02 Å². The zero-order chi connectivity index (χ0) is 27.6. The zero-order valence-corrected chi connectivity index (χ0v) is 23.1. The number of aryl methyl sites for hydroxylation is 2. The number of carbonyl (C=O) groups excluding carboxylic acids is 4. The van der Waals surface area contributed by atoms with E-state index in [-0.39, 0.29) is 29.5 Å². The van der Waals surface area contributed by atoms with Gasteiger partial charge in [0, 0.05) is 20.7 Å². The van der Waals surface area contributed by atoms with Gasteiger partial charge >= 0.3 is 6.03 Å². The first-order valence-electron chi connectivity index (χ1n) is 11.5. The van der Waals surface area contributed by atoms with Crippen molar-refractivity contribution in [3.05, 3.63) is 91.9 Å². The number of anilines is 2. The summed E-state index contributed by atoms with van der Waals surface area (Å²) >= 11 is 9.56. The van der Waals surface area contributed by atoms with E-state index in [1.807, 2.05) is 26.0 Å². The fourth-order valence-electron chi connectivity index (χ4n) is 3.75. The molecule has 3 aromatic carbocycles. The van der Waals surface area contributed by atoms with Gasteiger partial charge in [0.15, 0.2) is 6.61 Å². The lowest BCUT2D eigenvalue weighted by atomic mass is 10.1. The molecule has 1 saturated heterocycles. The van der Waals surface area contributed by atoms with Crippen LogP contribution in [-0.4, -0.2) is 30.4 Å². The van der Waals surface area contributed by atoms with Crippen LogP contribution in [0.1, 0.15) is 22.3 Å². The Labute approximate surface area is 232 Å². The van der Waals surface area contributed by atoms with Gasteiger partial charge in [-0.05, 0) is 79.9 Å². The monoisotopic (exact) mass is 595 g/mol. The molecule has 0 atom stereocenters. The minimum absolute atomic E-state index is 0.218. The Bertz CT molecular complexity index is 1520. The average Bonchev–Trinajstić information content (AvgIpc) is 2.86. The molecule has 8 nitrogen and oxygen atoms in total. The first kappa shape index (κ1) is 27.1. The largest absolute Gasteiger partial charge is 0.483 e. The molecule has 0 aromatic heterocycles. The fraction of sp³-hybridized carbons (Fsp3) is 0.143. The van der Waals surface area contributed by atoms with Crippen LogP contribution in [0, 0.1) is 20.8 Å². The van der Waals surface area contributed by atoms with Crippen molar-refractivity contribution in [2.75, 3.05) is 16.8 Å². The Kier molecular flexibility index (Phi) is 7.99. The second kappa shape index (κ2) is 11.2. The highest BCUT2D eigenvalue weighted by Gasteiger charge is 2.37. The number of amides is 5. The molecule has 38 heavy (non-hydrogen) atoms. The number of nitrogens with zero attached hydrogens (tertiary/aromatic N) is 1. The van der Waals surface area contributed by atoms with Crippen molar-refractivity contribution in [3.8, 4) is 5.75 Å². The summed E-state index contributed by atoms with van der Waals surface area (Å²) in [5, 5.41) is 5.37. The molecule has 5 amide bonds. The molecule has 0 radical (unpaired) electrons. The Hall–Kier alpha value is -3.95. The van der Waals surface area contributed by atoms with E-state index in [0.717, 1.165) is 21.6 Å². The lowest BCUT2D eigenvalue weighted by Gasteiger charge is -2.26. The molecule has 1 heterocycles. The van der Waals surface area contributed by atoms with E-state index in [0.29, 0.717) is 20.7 Å². The quantitative estimate of drug-likeness (QED) is 0.280. The Morgan fingerprint density at radius 3 is 2.55 bits per heavy atom. The highest BCUT2D eigenvalue weighted by Crippen LogP contribution is 2.30. The van der Waals surface area contributed by atoms with Crippen molar-refractivity contribution in [1.82, 2.24) is 5.32 Å². The van der Waals surface area contributed by atoms with Crippen molar-refractivity contribution >= 4 is 68.7 Å². The fourth-order valence-corrected chi connectivity index (χ4v) is 4.30. The van der Waals surface area contributed by atoms with E-state index >= 15 is 0 Å². The number of benzene rings is 3. The highest BCUT2D eigenvalue weighted by molar-refractivity contribution is 9.10. The van der Waals surface area contributed by atoms with Gasteiger partial charge in [0.2, 0.25) is 0 Å². The van der Waals surface area contributed by atoms with Gasteiger partial charge in [0.1, 0.15) is 11.3 Å². The van der Waals surface area contributed by atoms with Crippen molar-refractivity contribution in [2.45, 2.75) is 20.8 Å². The van der Waals surface area contributed by atoms with Gasteiger partial charge in [-0.25, -0.2) is 9.69 Å². The summed E-state index contributed by atoms with van der Waals surface area (Å²) in [5.74, 6) is -1.79. The summed E-state index contributed by atoms with van der Waals surface area (Å²) in [4.78, 5) is 51.9. The van der Waals surface area contributed by atoms with Gasteiger partial charge in [-0.15, -0.1) is 0 Å². The molecule has 0 spiro atoms. The molecule has 194 valence electrons. The summed E-state index contributed by atoms with van der Waals surface area (Å²) in [6.07, 6.45) is 1.32. The molecule has 4 rings (SSSR count). The lowest BCUT2D eigenvalue weighted by molar-refractivity contribution is -0.122. The van der Waals surface area contributed by atoms with Crippen LogP contribution < -0.4 is 20.3 Å². The van der Waals surface area contributed by atoms with E-state index in [9.17, 15) is 19.2 Å². The minimum atomic E-state index is -0.883. The van der Waals surface area contributed by atoms with Gasteiger partial charge in [0.25, 0.3) is 17.7 Å². The lowest BCUT2D eigenvalue weighted by Crippen LogP contribution is -2.54. The Balaban J connectivity index is 1.59. The number of urea groups is 1. The van der Waals surface area contributed by atoms with Gasteiger partial charge < -0.3 is 10.1 Å². The van der Waals surface area contributed by atoms with Crippen LogP contribution >= 0.6 is 27.5 Å². The van der Waals surface area contributed by atoms with E-state index in [1.165, 1.54) is 12.1 Å². The van der Waals surface area contributed by atoms with Crippen molar-refractivity contribution < 1.29 is 23.9 Å². The normalized spacial score (nSPS) is 14.5. The molecule has 1 fully saturated rings. The molecule has 1 aliphatic heterocycles. The maximum atomic E-state index is 13.3. The van der Waals surface area contributed by atoms with Crippen LogP contribution in [0.15, 0.2) is 64.6 Å². The number of carbonyl (C=O) groups is 4. The average molecular weight is 597 g/mol. The number of imide groups is 2. The molecular formula is C28H23BrClN3O5. The maximum absolute atomic E-state index is 13.3. The van der Waals surface area contributed by atoms with Gasteiger partial charge in [-0.1, -0.05) is 45.7 Å². The third kappa shape index (κ3) is 5.79. The van der Waals surface area contributed by atoms with Crippen LogP contribution in [-0.2, 0) is 14.4 Å². The van der Waals surface area contributed by atoms with Crippen molar-refractivity contribution in [2.24, 2.45) is 0 Å². The predicted molar refractivity (Wildman–Crippen MR) is 149 cm³/mol. The van der Waals surface area contributed by atoms with Crippen molar-refractivity contribution in [1.29, 1.82) is 0 Å². The highest BCUT2D eigenvalue weighted by atomic mass is 79.9. The zero-order valence-electron chi connectivity index (χ0n) is 20.7. The van der Waals surface area contributed by atoms with E-state index in [2.05, 4.69) is 26.6 Å². The topological polar surface area (TPSA) is 105 Å². The van der Waals surface area contributed by atoms with Crippen LogP contribution in [0.3, 0.4) is 0 Å². The summed E-state index contributed by atoms with van der Waals surface area (Å²) < 4.78 is 6.40. The Morgan fingerprint density at radius 2 is 1.82 bits per heavy atom. The van der Waals surface area contributed by atoms with Gasteiger partial charge in [-0.3, -0.25) is 19.7 Å². The van der Waals surface area contributed by atoms with Crippen LogP contribution in [0.25, 0.3) is 6.08 Å². The number of rotatable bonds is 6. The van der Waals surface area contributed by atoms with Gasteiger partial charge in [-0.2, -0.15) is 0 Å².